The lowest BCUT2D eigenvalue weighted by Gasteiger charge is -2.16. The molecule has 101 valence electrons. The third kappa shape index (κ3) is 1.76. The molecule has 0 aromatic carbocycles. The normalized spacial score (nSPS) is 31.1. The van der Waals surface area contributed by atoms with Crippen LogP contribution in [0.2, 0.25) is 0 Å². The van der Waals surface area contributed by atoms with Crippen LogP contribution in [-0.2, 0) is 4.74 Å². The highest BCUT2D eigenvalue weighted by Crippen LogP contribution is 2.32. The first-order valence-corrected chi connectivity index (χ1v) is 5.87. The average Bonchev–Trinajstić information content (AvgIpc) is 2.94. The Hall–Kier alpha value is -1.77. The molecular formula is C11H14N5O3. The topological polar surface area (TPSA) is 119 Å². The summed E-state index contributed by atoms with van der Waals surface area (Å²) in [5.41, 5.74) is 6.58. The Morgan fingerprint density at radius 2 is 2.11 bits per heavy atom. The number of ether oxygens (including phenoxy) is 1. The van der Waals surface area contributed by atoms with Crippen molar-refractivity contribution in [3.05, 3.63) is 19.6 Å². The van der Waals surface area contributed by atoms with Gasteiger partial charge in [-0.2, -0.15) is 0 Å². The molecule has 2 aromatic rings. The van der Waals surface area contributed by atoms with Gasteiger partial charge in [-0.1, -0.05) is 6.92 Å². The van der Waals surface area contributed by atoms with E-state index in [0.717, 1.165) is 0 Å². The summed E-state index contributed by atoms with van der Waals surface area (Å²) >= 11 is 0. The minimum Gasteiger partial charge on any atom is -0.388 e. The Morgan fingerprint density at radius 3 is 2.79 bits per heavy atom. The van der Waals surface area contributed by atoms with Gasteiger partial charge in [-0.15, -0.1) is 0 Å². The van der Waals surface area contributed by atoms with Crippen LogP contribution in [0.15, 0.2) is 12.7 Å². The molecule has 3 heterocycles. The first kappa shape index (κ1) is 12.3. The summed E-state index contributed by atoms with van der Waals surface area (Å²) in [6, 6.07) is 0. The van der Waals surface area contributed by atoms with E-state index < -0.39 is 24.5 Å². The van der Waals surface area contributed by atoms with E-state index in [2.05, 4.69) is 21.9 Å². The molecule has 1 fully saturated rings. The van der Waals surface area contributed by atoms with E-state index in [4.69, 9.17) is 10.5 Å². The highest BCUT2D eigenvalue weighted by atomic mass is 16.6. The fraction of sp³-hybridized carbons (Fsp3) is 0.455. The molecule has 1 aliphatic rings. The smallest absolute Gasteiger partial charge is 0.167 e. The third-order valence-corrected chi connectivity index (χ3v) is 3.28. The molecule has 0 spiro atoms. The average molecular weight is 266 g/mol. The number of aliphatic hydroxyl groups excluding tert-OH is 2. The fourth-order valence-corrected chi connectivity index (χ4v) is 2.25. The molecule has 0 bridgehead atoms. The van der Waals surface area contributed by atoms with Crippen LogP contribution in [-0.4, -0.2) is 48.0 Å². The van der Waals surface area contributed by atoms with Crippen LogP contribution in [0.3, 0.4) is 0 Å². The van der Waals surface area contributed by atoms with E-state index in [0.29, 0.717) is 17.6 Å². The summed E-state index contributed by atoms with van der Waals surface area (Å²) in [6.07, 6.45) is -0.204. The summed E-state index contributed by atoms with van der Waals surface area (Å²) in [4.78, 5) is 12.0. The van der Waals surface area contributed by atoms with Crippen molar-refractivity contribution in [1.29, 1.82) is 0 Å². The first-order chi connectivity index (χ1) is 9.13. The largest absolute Gasteiger partial charge is 0.388 e. The molecule has 1 radical (unpaired) electrons. The second kappa shape index (κ2) is 4.41. The number of aliphatic hydroxyl groups is 2. The number of aromatic nitrogens is 4. The Balaban J connectivity index is 2.04. The van der Waals surface area contributed by atoms with Crippen LogP contribution in [0.4, 0.5) is 5.82 Å². The van der Waals surface area contributed by atoms with E-state index >= 15 is 0 Å². The number of nitrogens with zero attached hydrogens (tertiary/aromatic N) is 4. The van der Waals surface area contributed by atoms with Crippen LogP contribution in [0, 0.1) is 6.92 Å². The number of rotatable bonds is 2. The van der Waals surface area contributed by atoms with Crippen LogP contribution in [0.5, 0.6) is 0 Å². The molecular weight excluding hydrogens is 252 g/mol. The van der Waals surface area contributed by atoms with Crippen molar-refractivity contribution in [2.75, 3.05) is 5.73 Å². The van der Waals surface area contributed by atoms with Crippen molar-refractivity contribution in [2.24, 2.45) is 0 Å². The zero-order valence-corrected chi connectivity index (χ0v) is 10.0. The zero-order chi connectivity index (χ0) is 13.6. The van der Waals surface area contributed by atoms with Gasteiger partial charge in [0.15, 0.2) is 17.7 Å². The van der Waals surface area contributed by atoms with E-state index in [1.165, 1.54) is 17.2 Å². The van der Waals surface area contributed by atoms with Crippen molar-refractivity contribution >= 4 is 17.0 Å². The van der Waals surface area contributed by atoms with Gasteiger partial charge in [0.25, 0.3) is 0 Å². The minimum absolute atomic E-state index is 0.255. The zero-order valence-electron chi connectivity index (χ0n) is 10.0. The maximum absolute atomic E-state index is 10.0. The van der Waals surface area contributed by atoms with Gasteiger partial charge in [-0.3, -0.25) is 4.57 Å². The molecule has 0 unspecified atom stereocenters. The SMILES string of the molecule is [14CH2]C[C@H]1O[C@@H](n2cnc3c(N)ncnc32)[C@H](O)[C@@H]1O. The van der Waals surface area contributed by atoms with Gasteiger partial charge < -0.3 is 20.7 Å². The molecule has 8 nitrogen and oxygen atoms in total. The van der Waals surface area contributed by atoms with Gasteiger partial charge in [-0.25, -0.2) is 15.0 Å². The van der Waals surface area contributed by atoms with Gasteiger partial charge in [0.05, 0.1) is 12.4 Å². The molecule has 19 heavy (non-hydrogen) atoms. The van der Waals surface area contributed by atoms with E-state index in [1.807, 2.05) is 0 Å². The number of nitrogen functional groups attached to an aromatic ring is 1. The first-order valence-electron chi connectivity index (χ1n) is 5.87. The van der Waals surface area contributed by atoms with E-state index in [-0.39, 0.29) is 5.82 Å². The van der Waals surface area contributed by atoms with Crippen molar-refractivity contribution < 1.29 is 14.9 Å². The monoisotopic (exact) mass is 266 g/mol. The number of hydrogen-bond acceptors (Lipinski definition) is 7. The van der Waals surface area contributed by atoms with Crippen molar-refractivity contribution in [3.63, 3.8) is 0 Å². The lowest BCUT2D eigenvalue weighted by molar-refractivity contribution is -0.0339. The van der Waals surface area contributed by atoms with Crippen LogP contribution < -0.4 is 5.73 Å². The Bertz CT molecular complexity index is 601. The van der Waals surface area contributed by atoms with Gasteiger partial charge >= 0.3 is 0 Å². The summed E-state index contributed by atoms with van der Waals surface area (Å²) in [6.45, 7) is 3.68. The van der Waals surface area contributed by atoms with E-state index in [1.54, 1.807) is 0 Å². The van der Waals surface area contributed by atoms with Crippen LogP contribution in [0.1, 0.15) is 12.6 Å². The lowest BCUT2D eigenvalue weighted by Crippen LogP contribution is -2.31. The molecule has 3 rings (SSSR count). The molecule has 0 saturated carbocycles. The molecule has 0 aliphatic carbocycles. The number of anilines is 1. The van der Waals surface area contributed by atoms with Crippen LogP contribution >= 0.6 is 0 Å². The predicted octanol–water partition coefficient (Wildman–Crippen LogP) is -0.748. The summed E-state index contributed by atoms with van der Waals surface area (Å²) in [5.74, 6) is 0.255. The highest BCUT2D eigenvalue weighted by Gasteiger charge is 2.43. The van der Waals surface area contributed by atoms with E-state index in [9.17, 15) is 10.2 Å². The number of nitrogens with two attached hydrogens (primary N) is 1. The lowest BCUT2D eigenvalue weighted by atomic mass is 10.1. The number of hydrogen-bond donors (Lipinski definition) is 3. The second-order valence-electron chi connectivity index (χ2n) is 4.42. The Morgan fingerprint density at radius 1 is 1.32 bits per heavy atom. The fourth-order valence-electron chi connectivity index (χ4n) is 2.25. The maximum atomic E-state index is 10.0. The molecule has 1 saturated heterocycles. The van der Waals surface area contributed by atoms with Crippen molar-refractivity contribution in [1.82, 2.24) is 19.5 Å². The Labute approximate surface area is 108 Å². The maximum Gasteiger partial charge on any atom is 0.167 e. The van der Waals surface area contributed by atoms with Crippen molar-refractivity contribution in [3.8, 4) is 0 Å². The molecule has 1 aliphatic heterocycles. The quantitative estimate of drug-likeness (QED) is 0.654. The van der Waals surface area contributed by atoms with Crippen LogP contribution in [0.25, 0.3) is 11.2 Å². The number of imidazole rings is 1. The van der Waals surface area contributed by atoms with Gasteiger partial charge in [0, 0.05) is 0 Å². The Kier molecular flexibility index (Phi) is 2.85. The molecule has 0 amide bonds. The number of fused-ring (bicyclic) bond motifs is 1. The molecule has 4 atom stereocenters. The van der Waals surface area contributed by atoms with Gasteiger partial charge in [-0.05, 0) is 6.42 Å². The summed E-state index contributed by atoms with van der Waals surface area (Å²) in [7, 11) is 0. The third-order valence-electron chi connectivity index (χ3n) is 3.28. The molecule has 8 heteroatoms. The standard InChI is InChI=1S/C11H14N5O3/c1-2-5-7(17)8(18)11(19-5)16-4-15-6-9(12)13-3-14-10(6)16/h3-5,7-8,11,17-18H,1-2H2,(H2,12,13,14)/t5-,7-,8-,11-/m1/s1/i1+2. The minimum atomic E-state index is -1.07. The second-order valence-corrected chi connectivity index (χ2v) is 4.42. The summed E-state index contributed by atoms with van der Waals surface area (Å²) in [5, 5.41) is 19.9. The van der Waals surface area contributed by atoms with Gasteiger partial charge in [0.1, 0.15) is 24.1 Å². The molecule has 4 N–H and O–H groups in total. The van der Waals surface area contributed by atoms with Crippen molar-refractivity contribution in [2.45, 2.75) is 31.0 Å². The summed E-state index contributed by atoms with van der Waals surface area (Å²) < 4.78 is 7.13. The predicted molar refractivity (Wildman–Crippen MR) is 65.6 cm³/mol. The molecule has 2 aromatic heterocycles. The highest BCUT2D eigenvalue weighted by molar-refractivity contribution is 5.81. The van der Waals surface area contributed by atoms with Gasteiger partial charge in [0.2, 0.25) is 0 Å².